The van der Waals surface area contributed by atoms with Gasteiger partial charge in [0.25, 0.3) is 0 Å². The van der Waals surface area contributed by atoms with E-state index >= 15 is 0 Å². The summed E-state index contributed by atoms with van der Waals surface area (Å²) in [5.41, 5.74) is 8.40. The largest absolute Gasteiger partial charge is 0.328 e. The maximum Gasteiger partial charge on any atom is 0.243 e. The number of nitrogens with two attached hydrogens (primary N) is 1. The summed E-state index contributed by atoms with van der Waals surface area (Å²) in [6.45, 7) is 3.10. The highest BCUT2D eigenvalue weighted by Gasteiger charge is 2.34. The summed E-state index contributed by atoms with van der Waals surface area (Å²) in [5, 5.41) is 0. The SMILES string of the molecule is CC(N)C1CCN(S(=O)(=O)c2ccc3c(c2)CCC3)C1. The molecule has 1 fully saturated rings. The van der Waals surface area contributed by atoms with Crippen molar-refractivity contribution in [1.29, 1.82) is 0 Å². The molecule has 1 heterocycles. The molecule has 20 heavy (non-hydrogen) atoms. The van der Waals surface area contributed by atoms with Crippen LogP contribution in [0.3, 0.4) is 0 Å². The molecule has 1 aliphatic heterocycles. The predicted molar refractivity (Wildman–Crippen MR) is 79.0 cm³/mol. The number of rotatable bonds is 3. The Labute approximate surface area is 121 Å². The second-order valence-corrected chi connectivity index (χ2v) is 7.99. The van der Waals surface area contributed by atoms with Gasteiger partial charge in [0.1, 0.15) is 0 Å². The van der Waals surface area contributed by atoms with E-state index < -0.39 is 10.0 Å². The lowest BCUT2D eigenvalue weighted by Gasteiger charge is -2.18. The standard InChI is InChI=1S/C15H22N2O2S/c1-11(16)14-7-8-17(10-14)20(18,19)15-6-5-12-3-2-4-13(12)9-15/h5-6,9,11,14H,2-4,7-8,10,16H2,1H3. The highest BCUT2D eigenvalue weighted by Crippen LogP contribution is 2.29. The summed E-state index contributed by atoms with van der Waals surface area (Å²) in [6, 6.07) is 5.67. The zero-order valence-electron chi connectivity index (χ0n) is 11.9. The van der Waals surface area contributed by atoms with Gasteiger partial charge in [-0.25, -0.2) is 8.42 Å². The van der Waals surface area contributed by atoms with E-state index in [-0.39, 0.29) is 12.0 Å². The fourth-order valence-electron chi connectivity index (χ4n) is 3.26. The highest BCUT2D eigenvalue weighted by molar-refractivity contribution is 7.89. The van der Waals surface area contributed by atoms with E-state index in [1.165, 1.54) is 11.1 Å². The minimum atomic E-state index is -3.35. The van der Waals surface area contributed by atoms with Crippen molar-refractivity contribution in [3.63, 3.8) is 0 Å². The van der Waals surface area contributed by atoms with Gasteiger partial charge in [0.15, 0.2) is 0 Å². The number of aryl methyl sites for hydroxylation is 2. The summed E-state index contributed by atoms with van der Waals surface area (Å²) < 4.78 is 27.0. The first kappa shape index (κ1) is 14.0. The van der Waals surface area contributed by atoms with Crippen LogP contribution in [0, 0.1) is 5.92 Å². The molecule has 2 atom stereocenters. The van der Waals surface area contributed by atoms with Crippen LogP contribution in [0.5, 0.6) is 0 Å². The average molecular weight is 294 g/mol. The first-order valence-electron chi connectivity index (χ1n) is 7.36. The summed E-state index contributed by atoms with van der Waals surface area (Å²) >= 11 is 0. The molecule has 2 unspecified atom stereocenters. The molecule has 0 bridgehead atoms. The summed E-state index contributed by atoms with van der Waals surface area (Å²) in [7, 11) is -3.35. The van der Waals surface area contributed by atoms with Crippen LogP contribution in [0.1, 0.15) is 30.9 Å². The molecule has 1 aromatic carbocycles. The maximum atomic E-state index is 12.7. The fourth-order valence-corrected chi connectivity index (χ4v) is 4.82. The highest BCUT2D eigenvalue weighted by atomic mass is 32.2. The molecule has 0 spiro atoms. The number of benzene rings is 1. The van der Waals surface area contributed by atoms with Crippen molar-refractivity contribution in [2.75, 3.05) is 13.1 Å². The van der Waals surface area contributed by atoms with Crippen molar-refractivity contribution in [2.24, 2.45) is 11.7 Å². The van der Waals surface area contributed by atoms with Crippen LogP contribution < -0.4 is 5.73 Å². The zero-order chi connectivity index (χ0) is 14.3. The smallest absolute Gasteiger partial charge is 0.243 e. The molecule has 2 aliphatic rings. The summed E-state index contributed by atoms with van der Waals surface area (Å²) in [4.78, 5) is 0.448. The molecule has 2 N–H and O–H groups in total. The first-order valence-corrected chi connectivity index (χ1v) is 8.80. The molecule has 0 saturated carbocycles. The number of sulfonamides is 1. The Kier molecular flexibility index (Phi) is 3.60. The maximum absolute atomic E-state index is 12.7. The molecular formula is C15H22N2O2S. The van der Waals surface area contributed by atoms with E-state index in [9.17, 15) is 8.42 Å². The molecular weight excluding hydrogens is 272 g/mol. The van der Waals surface area contributed by atoms with Gasteiger partial charge in [-0.2, -0.15) is 4.31 Å². The second kappa shape index (κ2) is 5.13. The third-order valence-corrected chi connectivity index (χ3v) is 6.50. The zero-order valence-corrected chi connectivity index (χ0v) is 12.7. The number of fused-ring (bicyclic) bond motifs is 1. The van der Waals surface area contributed by atoms with Gasteiger partial charge in [-0.1, -0.05) is 6.07 Å². The first-order chi connectivity index (χ1) is 9.48. The fraction of sp³-hybridized carbons (Fsp3) is 0.600. The van der Waals surface area contributed by atoms with Gasteiger partial charge >= 0.3 is 0 Å². The van der Waals surface area contributed by atoms with Crippen LogP contribution in [-0.4, -0.2) is 31.9 Å². The number of hydrogen-bond acceptors (Lipinski definition) is 3. The molecule has 4 nitrogen and oxygen atoms in total. The van der Waals surface area contributed by atoms with E-state index in [1.807, 2.05) is 19.1 Å². The molecule has 1 aliphatic carbocycles. The van der Waals surface area contributed by atoms with E-state index in [4.69, 9.17) is 5.73 Å². The van der Waals surface area contributed by atoms with Crippen LogP contribution in [0.4, 0.5) is 0 Å². The van der Waals surface area contributed by atoms with Gasteiger partial charge in [0, 0.05) is 19.1 Å². The van der Waals surface area contributed by atoms with Crippen molar-refractivity contribution in [3.8, 4) is 0 Å². The van der Waals surface area contributed by atoms with Crippen LogP contribution >= 0.6 is 0 Å². The number of hydrogen-bond donors (Lipinski definition) is 1. The van der Waals surface area contributed by atoms with Crippen LogP contribution in [0.15, 0.2) is 23.1 Å². The Hall–Kier alpha value is -0.910. The van der Waals surface area contributed by atoms with E-state index in [0.717, 1.165) is 25.7 Å². The van der Waals surface area contributed by atoms with Crippen LogP contribution in [-0.2, 0) is 22.9 Å². The Morgan fingerprint density at radius 1 is 1.30 bits per heavy atom. The minimum absolute atomic E-state index is 0.0511. The van der Waals surface area contributed by atoms with Crippen LogP contribution in [0.25, 0.3) is 0 Å². The lowest BCUT2D eigenvalue weighted by atomic mass is 10.0. The Morgan fingerprint density at radius 2 is 2.05 bits per heavy atom. The lowest BCUT2D eigenvalue weighted by Crippen LogP contribution is -2.33. The Bertz CT molecular complexity index is 610. The van der Waals surface area contributed by atoms with Crippen molar-refractivity contribution in [3.05, 3.63) is 29.3 Å². The normalized spacial score (nSPS) is 24.8. The van der Waals surface area contributed by atoms with Gasteiger partial charge < -0.3 is 5.73 Å². The molecule has 110 valence electrons. The quantitative estimate of drug-likeness (QED) is 0.919. The second-order valence-electron chi connectivity index (χ2n) is 6.05. The van der Waals surface area contributed by atoms with Crippen molar-refractivity contribution in [1.82, 2.24) is 4.31 Å². The molecule has 3 rings (SSSR count). The number of nitrogens with zero attached hydrogens (tertiary/aromatic N) is 1. The third kappa shape index (κ3) is 2.38. The van der Waals surface area contributed by atoms with Gasteiger partial charge in [0.2, 0.25) is 10.0 Å². The lowest BCUT2D eigenvalue weighted by molar-refractivity contribution is 0.429. The van der Waals surface area contributed by atoms with E-state index in [1.54, 1.807) is 10.4 Å². The molecule has 1 saturated heterocycles. The molecule has 0 amide bonds. The van der Waals surface area contributed by atoms with Crippen molar-refractivity contribution < 1.29 is 8.42 Å². The molecule has 0 radical (unpaired) electrons. The minimum Gasteiger partial charge on any atom is -0.328 e. The van der Waals surface area contributed by atoms with E-state index in [2.05, 4.69) is 0 Å². The van der Waals surface area contributed by atoms with Gasteiger partial charge in [-0.3, -0.25) is 0 Å². The predicted octanol–water partition coefficient (Wildman–Crippen LogP) is 1.53. The topological polar surface area (TPSA) is 63.4 Å². The summed E-state index contributed by atoms with van der Waals surface area (Å²) in [6.07, 6.45) is 4.07. The average Bonchev–Trinajstić information content (AvgIpc) is 3.07. The van der Waals surface area contributed by atoms with Gasteiger partial charge in [-0.15, -0.1) is 0 Å². The Morgan fingerprint density at radius 3 is 2.75 bits per heavy atom. The molecule has 5 heteroatoms. The van der Waals surface area contributed by atoms with Crippen molar-refractivity contribution >= 4 is 10.0 Å². The Balaban J connectivity index is 1.86. The van der Waals surface area contributed by atoms with Crippen molar-refractivity contribution in [2.45, 2.75) is 43.5 Å². The monoisotopic (exact) mass is 294 g/mol. The van der Waals surface area contributed by atoms with Gasteiger partial charge in [0.05, 0.1) is 4.90 Å². The summed E-state index contributed by atoms with van der Waals surface area (Å²) in [5.74, 6) is 0.277. The van der Waals surface area contributed by atoms with Gasteiger partial charge in [-0.05, 0) is 61.8 Å². The third-order valence-electron chi connectivity index (χ3n) is 4.64. The van der Waals surface area contributed by atoms with Crippen LogP contribution in [0.2, 0.25) is 0 Å². The molecule has 1 aromatic rings. The van der Waals surface area contributed by atoms with E-state index in [0.29, 0.717) is 18.0 Å². The molecule has 0 aromatic heterocycles.